The Bertz CT molecular complexity index is 488. The maximum Gasteiger partial charge on any atom is 0.142 e. The maximum absolute atomic E-state index is 5.84. The van der Waals surface area contributed by atoms with Crippen molar-refractivity contribution >= 4 is 23.1 Å². The first kappa shape index (κ1) is 10.8. The zero-order chi connectivity index (χ0) is 11.4. The number of halogens is 1. The summed E-state index contributed by atoms with van der Waals surface area (Å²) in [5, 5.41) is 3.70. The molecular weight excluding hydrogens is 224 g/mol. The number of methoxy groups -OCH3 is 1. The normalized spacial score (nSPS) is 9.88. The first-order chi connectivity index (χ1) is 7.79. The molecule has 0 spiro atoms. The van der Waals surface area contributed by atoms with Crippen molar-refractivity contribution in [2.75, 3.05) is 12.4 Å². The highest BCUT2D eigenvalue weighted by molar-refractivity contribution is 6.30. The fourth-order valence-electron chi connectivity index (χ4n) is 1.32. The molecule has 1 N–H and O–H groups in total. The van der Waals surface area contributed by atoms with Gasteiger partial charge in [-0.3, -0.25) is 0 Å². The van der Waals surface area contributed by atoms with Crippen molar-refractivity contribution < 1.29 is 4.74 Å². The number of rotatable bonds is 3. The highest BCUT2D eigenvalue weighted by Crippen LogP contribution is 2.26. The van der Waals surface area contributed by atoms with Crippen LogP contribution in [-0.4, -0.2) is 12.1 Å². The van der Waals surface area contributed by atoms with Crippen LogP contribution >= 0.6 is 11.6 Å². The van der Waals surface area contributed by atoms with Crippen LogP contribution in [0.4, 0.5) is 11.5 Å². The maximum atomic E-state index is 5.84. The number of anilines is 2. The second kappa shape index (κ2) is 4.86. The number of nitrogens with one attached hydrogen (secondary N) is 1. The van der Waals surface area contributed by atoms with E-state index in [1.54, 1.807) is 19.2 Å². The number of hydrogen-bond donors (Lipinski definition) is 1. The van der Waals surface area contributed by atoms with Crippen LogP contribution in [0.15, 0.2) is 36.4 Å². The molecule has 0 aliphatic rings. The quantitative estimate of drug-likeness (QED) is 0.884. The molecule has 81 valence electrons. The van der Waals surface area contributed by atoms with Gasteiger partial charge in [0.25, 0.3) is 0 Å². The van der Waals surface area contributed by atoms with Crippen LogP contribution in [0.1, 0.15) is 0 Å². The largest absolute Gasteiger partial charge is 0.495 e. The van der Waals surface area contributed by atoms with E-state index >= 15 is 0 Å². The van der Waals surface area contributed by atoms with Crippen LogP contribution in [-0.2, 0) is 0 Å². The van der Waals surface area contributed by atoms with E-state index in [9.17, 15) is 0 Å². The number of ether oxygens (including phenoxy) is 1. The van der Waals surface area contributed by atoms with Crippen LogP contribution in [0, 0.1) is 6.20 Å². The van der Waals surface area contributed by atoms with Gasteiger partial charge in [-0.25, -0.2) is 4.98 Å². The van der Waals surface area contributed by atoms with E-state index in [0.717, 1.165) is 11.4 Å². The van der Waals surface area contributed by atoms with Gasteiger partial charge < -0.3 is 10.1 Å². The molecule has 0 saturated carbocycles. The average molecular weight is 234 g/mol. The SMILES string of the molecule is COc1ccccc1Nc1cc(Cl)c[c]n1. The smallest absolute Gasteiger partial charge is 0.142 e. The summed E-state index contributed by atoms with van der Waals surface area (Å²) < 4.78 is 5.21. The Morgan fingerprint density at radius 3 is 2.94 bits per heavy atom. The molecule has 0 aliphatic heterocycles. The first-order valence-electron chi connectivity index (χ1n) is 4.73. The Balaban J connectivity index is 2.26. The molecule has 0 bridgehead atoms. The third kappa shape index (κ3) is 2.44. The molecule has 2 aromatic rings. The monoisotopic (exact) mass is 233 g/mol. The number of aromatic nitrogens is 1. The summed E-state index contributed by atoms with van der Waals surface area (Å²) in [6.45, 7) is 0. The summed E-state index contributed by atoms with van der Waals surface area (Å²) in [4.78, 5) is 4.03. The van der Waals surface area contributed by atoms with Gasteiger partial charge in [0, 0.05) is 5.02 Å². The van der Waals surface area contributed by atoms with Crippen molar-refractivity contribution in [1.82, 2.24) is 4.98 Å². The number of pyridine rings is 1. The molecule has 1 radical (unpaired) electrons. The standard InChI is InChI=1S/C12H10ClN2O/c1-16-11-5-3-2-4-10(11)15-12-8-9(13)6-7-14-12/h2-6,8H,1H3,(H,14,15). The summed E-state index contributed by atoms with van der Waals surface area (Å²) in [5.41, 5.74) is 0.841. The topological polar surface area (TPSA) is 34.1 Å². The van der Waals surface area contributed by atoms with E-state index in [0.29, 0.717) is 10.8 Å². The lowest BCUT2D eigenvalue weighted by atomic mass is 10.3. The van der Waals surface area contributed by atoms with E-state index in [2.05, 4.69) is 16.5 Å². The molecule has 0 amide bonds. The molecule has 0 unspecified atom stereocenters. The number of benzene rings is 1. The molecule has 0 saturated heterocycles. The lowest BCUT2D eigenvalue weighted by Crippen LogP contribution is -1.96. The minimum absolute atomic E-state index is 0.590. The minimum Gasteiger partial charge on any atom is -0.495 e. The van der Waals surface area contributed by atoms with Gasteiger partial charge in [0.15, 0.2) is 0 Å². The lowest BCUT2D eigenvalue weighted by Gasteiger charge is -2.09. The molecule has 1 aromatic carbocycles. The van der Waals surface area contributed by atoms with Crippen molar-refractivity contribution in [1.29, 1.82) is 0 Å². The Hall–Kier alpha value is -1.74. The molecule has 16 heavy (non-hydrogen) atoms. The van der Waals surface area contributed by atoms with Gasteiger partial charge in [-0.2, -0.15) is 0 Å². The Labute approximate surface area is 99.0 Å². The van der Waals surface area contributed by atoms with Crippen molar-refractivity contribution in [3.05, 3.63) is 47.6 Å². The fraction of sp³-hybridized carbons (Fsp3) is 0.0833. The number of hydrogen-bond acceptors (Lipinski definition) is 3. The van der Waals surface area contributed by atoms with Crippen LogP contribution in [0.2, 0.25) is 5.02 Å². The Morgan fingerprint density at radius 1 is 1.38 bits per heavy atom. The zero-order valence-electron chi connectivity index (χ0n) is 8.70. The van der Waals surface area contributed by atoms with Gasteiger partial charge in [-0.15, -0.1) is 0 Å². The van der Waals surface area contributed by atoms with Crippen LogP contribution in [0.3, 0.4) is 0 Å². The highest BCUT2D eigenvalue weighted by Gasteiger charge is 2.02. The third-order valence-corrected chi connectivity index (χ3v) is 2.25. The molecule has 2 rings (SSSR count). The third-order valence-electron chi connectivity index (χ3n) is 2.03. The van der Waals surface area contributed by atoms with E-state index in [1.807, 2.05) is 24.3 Å². The number of para-hydroxylation sites is 2. The van der Waals surface area contributed by atoms with Crippen LogP contribution < -0.4 is 10.1 Å². The molecule has 0 fully saturated rings. The van der Waals surface area contributed by atoms with Gasteiger partial charge in [-0.1, -0.05) is 23.7 Å². The average Bonchev–Trinajstić information content (AvgIpc) is 2.30. The number of nitrogens with zero attached hydrogens (tertiary/aromatic N) is 1. The van der Waals surface area contributed by atoms with E-state index in [1.165, 1.54) is 0 Å². The minimum atomic E-state index is 0.590. The predicted octanol–water partition coefficient (Wildman–Crippen LogP) is 3.29. The lowest BCUT2D eigenvalue weighted by molar-refractivity contribution is 0.417. The van der Waals surface area contributed by atoms with Gasteiger partial charge in [0.2, 0.25) is 0 Å². The summed E-state index contributed by atoms with van der Waals surface area (Å²) in [5.74, 6) is 1.39. The van der Waals surface area contributed by atoms with E-state index in [-0.39, 0.29) is 0 Å². The van der Waals surface area contributed by atoms with Gasteiger partial charge in [-0.05, 0) is 24.3 Å². The summed E-state index contributed by atoms with van der Waals surface area (Å²) in [6.07, 6.45) is 2.70. The Morgan fingerprint density at radius 2 is 2.19 bits per heavy atom. The van der Waals surface area contributed by atoms with Crippen LogP contribution in [0.5, 0.6) is 5.75 Å². The molecule has 1 aromatic heterocycles. The predicted molar refractivity (Wildman–Crippen MR) is 64.4 cm³/mol. The zero-order valence-corrected chi connectivity index (χ0v) is 9.45. The van der Waals surface area contributed by atoms with E-state index in [4.69, 9.17) is 16.3 Å². The molecule has 3 nitrogen and oxygen atoms in total. The molecular formula is C12H10ClN2O. The van der Waals surface area contributed by atoms with Crippen LogP contribution in [0.25, 0.3) is 0 Å². The van der Waals surface area contributed by atoms with Crippen molar-refractivity contribution in [3.8, 4) is 5.75 Å². The van der Waals surface area contributed by atoms with Gasteiger partial charge in [0.1, 0.15) is 11.6 Å². The fourth-order valence-corrected chi connectivity index (χ4v) is 1.47. The summed E-state index contributed by atoms with van der Waals surface area (Å²) in [6, 6.07) is 10.9. The van der Waals surface area contributed by atoms with Gasteiger partial charge in [0.05, 0.1) is 19.0 Å². The Kier molecular flexibility index (Phi) is 3.27. The molecule has 0 atom stereocenters. The molecule has 4 heteroatoms. The van der Waals surface area contributed by atoms with Gasteiger partial charge >= 0.3 is 0 Å². The van der Waals surface area contributed by atoms with Crippen molar-refractivity contribution in [2.45, 2.75) is 0 Å². The summed E-state index contributed by atoms with van der Waals surface area (Å²) >= 11 is 5.84. The molecule has 1 heterocycles. The van der Waals surface area contributed by atoms with E-state index < -0.39 is 0 Å². The van der Waals surface area contributed by atoms with Crippen molar-refractivity contribution in [3.63, 3.8) is 0 Å². The van der Waals surface area contributed by atoms with Crippen molar-refractivity contribution in [2.24, 2.45) is 0 Å². The summed E-state index contributed by atoms with van der Waals surface area (Å²) in [7, 11) is 1.62. The molecule has 0 aliphatic carbocycles. The first-order valence-corrected chi connectivity index (χ1v) is 5.11. The highest BCUT2D eigenvalue weighted by atomic mass is 35.5. The second-order valence-electron chi connectivity index (χ2n) is 3.12. The second-order valence-corrected chi connectivity index (χ2v) is 3.56.